The van der Waals surface area contributed by atoms with Crippen LogP contribution in [-0.2, 0) is 5.75 Å². The average Bonchev–Trinajstić information content (AvgIpc) is 2.94. The third-order valence-electron chi connectivity index (χ3n) is 2.96. The molecule has 114 valence electrons. The van der Waals surface area contributed by atoms with Crippen LogP contribution in [-0.4, -0.2) is 16.9 Å². The molecule has 0 unspecified atom stereocenters. The van der Waals surface area contributed by atoms with Gasteiger partial charge in [0.15, 0.2) is 4.34 Å². The van der Waals surface area contributed by atoms with E-state index in [1.165, 1.54) is 5.56 Å². The minimum absolute atomic E-state index is 0.669. The average molecular weight is 415 g/mol. The van der Waals surface area contributed by atoms with Gasteiger partial charge < -0.3 is 4.74 Å². The monoisotopic (exact) mass is 413 g/mol. The van der Waals surface area contributed by atoms with Gasteiger partial charge in [0.1, 0.15) is 5.75 Å². The normalized spacial score (nSPS) is 11.0. The number of halogens is 2. The van der Waals surface area contributed by atoms with Crippen molar-refractivity contribution in [3.8, 4) is 5.75 Å². The molecule has 0 saturated carbocycles. The minimum atomic E-state index is 0.669. The molecule has 0 N–H and O–H groups in total. The lowest BCUT2D eigenvalue weighted by molar-refractivity contribution is 0.345. The van der Waals surface area contributed by atoms with E-state index in [2.05, 4.69) is 39.1 Å². The second-order valence-electron chi connectivity index (χ2n) is 4.56. The Morgan fingerprint density at radius 1 is 1.18 bits per heavy atom. The first-order chi connectivity index (χ1) is 10.7. The summed E-state index contributed by atoms with van der Waals surface area (Å²) in [5, 5.41) is 1.60. The van der Waals surface area contributed by atoms with Gasteiger partial charge in [-0.3, -0.25) is 0 Å². The van der Waals surface area contributed by atoms with Gasteiger partial charge in [0.05, 0.1) is 16.8 Å². The van der Waals surface area contributed by atoms with Crippen LogP contribution in [0.5, 0.6) is 5.75 Å². The smallest absolute Gasteiger partial charge is 0.151 e. The van der Waals surface area contributed by atoms with Crippen molar-refractivity contribution < 1.29 is 4.74 Å². The molecule has 3 aromatic rings. The number of thiazole rings is 1. The fourth-order valence-electron chi connectivity index (χ4n) is 1.92. The molecule has 3 rings (SSSR count). The minimum Gasteiger partial charge on any atom is -0.493 e. The van der Waals surface area contributed by atoms with Crippen molar-refractivity contribution in [1.82, 2.24) is 4.98 Å². The van der Waals surface area contributed by atoms with E-state index in [9.17, 15) is 0 Å². The van der Waals surface area contributed by atoms with Crippen LogP contribution in [0, 0.1) is 0 Å². The highest BCUT2D eigenvalue weighted by Gasteiger charge is 2.06. The van der Waals surface area contributed by atoms with Gasteiger partial charge in [0.25, 0.3) is 0 Å². The molecule has 0 aliphatic rings. The lowest BCUT2D eigenvalue weighted by atomic mass is 10.2. The van der Waals surface area contributed by atoms with Crippen LogP contribution in [0.15, 0.2) is 46.8 Å². The molecule has 2 aromatic carbocycles. The van der Waals surface area contributed by atoms with Crippen LogP contribution in [0.3, 0.4) is 0 Å². The molecular formula is C16H13BrClNOS2. The number of rotatable bonds is 6. The summed E-state index contributed by atoms with van der Waals surface area (Å²) >= 11 is 12.7. The molecular weight excluding hydrogens is 402 g/mol. The number of aromatic nitrogens is 1. The van der Waals surface area contributed by atoms with E-state index in [-0.39, 0.29) is 0 Å². The maximum absolute atomic E-state index is 5.90. The van der Waals surface area contributed by atoms with Crippen molar-refractivity contribution in [3.05, 3.63) is 53.1 Å². The lowest BCUT2D eigenvalue weighted by Crippen LogP contribution is -1.96. The van der Waals surface area contributed by atoms with E-state index in [1.54, 1.807) is 23.1 Å². The van der Waals surface area contributed by atoms with E-state index >= 15 is 0 Å². The lowest BCUT2D eigenvalue weighted by Gasteiger charge is -2.02. The molecule has 0 spiro atoms. The number of nitrogens with zero attached hydrogens (tertiary/aromatic N) is 1. The molecule has 0 radical (unpaired) electrons. The largest absolute Gasteiger partial charge is 0.493 e. The van der Waals surface area contributed by atoms with Gasteiger partial charge in [0, 0.05) is 16.1 Å². The summed E-state index contributed by atoms with van der Waals surface area (Å²) in [5.41, 5.74) is 2.27. The Kier molecular flexibility index (Phi) is 5.63. The quantitative estimate of drug-likeness (QED) is 0.364. The summed E-state index contributed by atoms with van der Waals surface area (Å²) in [7, 11) is 0. The predicted molar refractivity (Wildman–Crippen MR) is 99.9 cm³/mol. The number of ether oxygens (including phenoxy) is 1. The molecule has 0 amide bonds. The van der Waals surface area contributed by atoms with Gasteiger partial charge >= 0.3 is 0 Å². The van der Waals surface area contributed by atoms with Crippen molar-refractivity contribution in [1.29, 1.82) is 0 Å². The molecule has 6 heteroatoms. The molecule has 1 heterocycles. The fourth-order valence-corrected chi connectivity index (χ4v) is 4.26. The summed E-state index contributed by atoms with van der Waals surface area (Å²) in [5.74, 6) is 1.79. The summed E-state index contributed by atoms with van der Waals surface area (Å²) < 4.78 is 7.86. The molecule has 0 atom stereocenters. The maximum Gasteiger partial charge on any atom is 0.151 e. The van der Waals surface area contributed by atoms with Crippen molar-refractivity contribution >= 4 is 60.8 Å². The number of alkyl halides is 1. The van der Waals surface area contributed by atoms with Gasteiger partial charge in [-0.15, -0.1) is 11.3 Å². The standard InChI is InChI=1S/C16H13BrClNOS2/c17-7-8-20-13-5-6-14-15(9-13)22-16(19-14)21-10-11-1-3-12(18)4-2-11/h1-6,9H,7-8,10H2. The molecule has 1 aromatic heterocycles. The molecule has 2 nitrogen and oxygen atoms in total. The highest BCUT2D eigenvalue weighted by Crippen LogP contribution is 2.33. The summed E-state index contributed by atoms with van der Waals surface area (Å²) in [6.07, 6.45) is 0. The second kappa shape index (κ2) is 7.68. The van der Waals surface area contributed by atoms with Crippen molar-refractivity contribution in [2.24, 2.45) is 0 Å². The number of hydrogen-bond donors (Lipinski definition) is 0. The molecule has 0 saturated heterocycles. The topological polar surface area (TPSA) is 22.1 Å². The van der Waals surface area contributed by atoms with Crippen LogP contribution in [0.4, 0.5) is 0 Å². The van der Waals surface area contributed by atoms with Gasteiger partial charge in [-0.05, 0) is 35.9 Å². The SMILES string of the molecule is Clc1ccc(CSc2nc3ccc(OCCBr)cc3s2)cc1. The Hall–Kier alpha value is -0.750. The first kappa shape index (κ1) is 16.1. The molecule has 0 aliphatic heterocycles. The van der Waals surface area contributed by atoms with Crippen molar-refractivity contribution in [3.63, 3.8) is 0 Å². The summed E-state index contributed by atoms with van der Waals surface area (Å²) in [4.78, 5) is 4.66. The third-order valence-corrected chi connectivity index (χ3v) is 5.77. The van der Waals surface area contributed by atoms with E-state index in [1.807, 2.05) is 24.3 Å². The Bertz CT molecular complexity index is 760. The van der Waals surface area contributed by atoms with Gasteiger partial charge in [-0.25, -0.2) is 4.98 Å². The van der Waals surface area contributed by atoms with Gasteiger partial charge in [0.2, 0.25) is 0 Å². The Labute approximate surface area is 151 Å². The summed E-state index contributed by atoms with van der Waals surface area (Å²) in [6.45, 7) is 0.669. The Balaban J connectivity index is 1.70. The molecule has 0 aliphatic carbocycles. The van der Waals surface area contributed by atoms with E-state index < -0.39 is 0 Å². The predicted octanol–water partition coefficient (Wildman–Crippen LogP) is 6.02. The van der Waals surface area contributed by atoms with Crippen LogP contribution < -0.4 is 4.74 Å². The zero-order valence-corrected chi connectivity index (χ0v) is 15.6. The third kappa shape index (κ3) is 4.16. The number of hydrogen-bond acceptors (Lipinski definition) is 4. The van der Waals surface area contributed by atoms with Crippen LogP contribution in [0.25, 0.3) is 10.2 Å². The van der Waals surface area contributed by atoms with E-state index in [4.69, 9.17) is 16.3 Å². The van der Waals surface area contributed by atoms with Crippen molar-refractivity contribution in [2.75, 3.05) is 11.9 Å². The summed E-state index contributed by atoms with van der Waals surface area (Å²) in [6, 6.07) is 14.0. The second-order valence-corrected chi connectivity index (χ2v) is 8.04. The molecule has 22 heavy (non-hydrogen) atoms. The number of fused-ring (bicyclic) bond motifs is 1. The number of thioether (sulfide) groups is 1. The fraction of sp³-hybridized carbons (Fsp3) is 0.188. The highest BCUT2D eigenvalue weighted by atomic mass is 79.9. The first-order valence-corrected chi connectivity index (χ1v) is 10.0. The molecule has 0 bridgehead atoms. The van der Waals surface area contributed by atoms with E-state index in [0.29, 0.717) is 6.61 Å². The maximum atomic E-state index is 5.90. The number of benzene rings is 2. The Morgan fingerprint density at radius 2 is 2.00 bits per heavy atom. The molecule has 0 fully saturated rings. The van der Waals surface area contributed by atoms with Crippen molar-refractivity contribution in [2.45, 2.75) is 10.1 Å². The zero-order valence-electron chi connectivity index (χ0n) is 11.6. The highest BCUT2D eigenvalue weighted by molar-refractivity contribution is 9.09. The van der Waals surface area contributed by atoms with Crippen LogP contribution in [0.2, 0.25) is 5.02 Å². The van der Waals surface area contributed by atoms with Crippen LogP contribution in [0.1, 0.15) is 5.56 Å². The van der Waals surface area contributed by atoms with Gasteiger partial charge in [-0.1, -0.05) is 51.4 Å². The Morgan fingerprint density at radius 3 is 2.77 bits per heavy atom. The zero-order chi connectivity index (χ0) is 15.4. The van der Waals surface area contributed by atoms with E-state index in [0.717, 1.165) is 36.4 Å². The van der Waals surface area contributed by atoms with Gasteiger partial charge in [-0.2, -0.15) is 0 Å². The van der Waals surface area contributed by atoms with Crippen LogP contribution >= 0.6 is 50.6 Å². The first-order valence-electron chi connectivity index (χ1n) is 6.71.